The normalized spacial score (nSPS) is 10.4. The van der Waals surface area contributed by atoms with E-state index in [1.807, 2.05) is 0 Å². The molecule has 0 atom stereocenters. The third kappa shape index (κ3) is 4.11. The van der Waals surface area contributed by atoms with Gasteiger partial charge in [-0.05, 0) is 36.4 Å². The second-order valence-corrected chi connectivity index (χ2v) is 5.60. The van der Waals surface area contributed by atoms with Crippen molar-refractivity contribution in [2.45, 2.75) is 5.22 Å². The molecule has 0 spiro atoms. The van der Waals surface area contributed by atoms with E-state index in [-0.39, 0.29) is 11.7 Å². The van der Waals surface area contributed by atoms with Gasteiger partial charge in [0.05, 0.1) is 12.9 Å². The Hall–Kier alpha value is -2.87. The molecule has 0 fully saturated rings. The van der Waals surface area contributed by atoms with Gasteiger partial charge in [0.25, 0.3) is 5.22 Å². The van der Waals surface area contributed by atoms with Gasteiger partial charge >= 0.3 is 0 Å². The molecule has 2 heterocycles. The lowest BCUT2D eigenvalue weighted by Gasteiger charge is -2.05. The molecule has 7 nitrogen and oxygen atoms in total. The first kappa shape index (κ1) is 16.0. The Labute approximate surface area is 142 Å². The summed E-state index contributed by atoms with van der Waals surface area (Å²) in [6.07, 6.45) is 3.29. The van der Waals surface area contributed by atoms with Crippen LogP contribution in [0.2, 0.25) is 0 Å². The van der Waals surface area contributed by atoms with Gasteiger partial charge in [0, 0.05) is 23.6 Å². The van der Waals surface area contributed by atoms with Gasteiger partial charge in [-0.25, -0.2) is 0 Å². The number of anilines is 1. The maximum atomic E-state index is 12.0. The lowest BCUT2D eigenvalue weighted by Crippen LogP contribution is -2.13. The van der Waals surface area contributed by atoms with E-state index < -0.39 is 0 Å². The van der Waals surface area contributed by atoms with Gasteiger partial charge in [0.2, 0.25) is 11.8 Å². The summed E-state index contributed by atoms with van der Waals surface area (Å²) in [6.45, 7) is 0. The Morgan fingerprint density at radius 2 is 1.92 bits per heavy atom. The van der Waals surface area contributed by atoms with Crippen molar-refractivity contribution in [2.24, 2.45) is 0 Å². The highest BCUT2D eigenvalue weighted by atomic mass is 32.2. The van der Waals surface area contributed by atoms with Crippen LogP contribution in [0.15, 0.2) is 58.4 Å². The number of rotatable bonds is 6. The van der Waals surface area contributed by atoms with Crippen molar-refractivity contribution >= 4 is 23.4 Å². The van der Waals surface area contributed by atoms with Gasteiger partial charge < -0.3 is 14.5 Å². The smallest absolute Gasteiger partial charge is 0.277 e. The number of benzene rings is 1. The van der Waals surface area contributed by atoms with Crippen molar-refractivity contribution in [2.75, 3.05) is 18.2 Å². The highest BCUT2D eigenvalue weighted by Gasteiger charge is 2.11. The number of hydrogen-bond donors (Lipinski definition) is 1. The minimum atomic E-state index is -0.158. The summed E-state index contributed by atoms with van der Waals surface area (Å²) in [7, 11) is 1.59. The number of aromatic nitrogens is 3. The van der Waals surface area contributed by atoms with Crippen molar-refractivity contribution in [1.82, 2.24) is 15.2 Å². The molecule has 1 amide bonds. The molecule has 0 aliphatic heterocycles. The second kappa shape index (κ2) is 7.60. The number of carbonyl (C=O) groups excluding carboxylic acids is 1. The van der Waals surface area contributed by atoms with Crippen molar-refractivity contribution in [3.05, 3.63) is 48.8 Å². The summed E-state index contributed by atoms with van der Waals surface area (Å²) in [5.74, 6) is 1.14. The van der Waals surface area contributed by atoms with E-state index in [1.54, 1.807) is 55.9 Å². The van der Waals surface area contributed by atoms with E-state index in [4.69, 9.17) is 9.15 Å². The summed E-state index contributed by atoms with van der Waals surface area (Å²) >= 11 is 1.18. The molecular weight excluding hydrogens is 328 g/mol. The third-order valence-corrected chi connectivity index (χ3v) is 3.85. The Bertz CT molecular complexity index is 806. The average molecular weight is 342 g/mol. The topological polar surface area (TPSA) is 90.1 Å². The highest BCUT2D eigenvalue weighted by molar-refractivity contribution is 7.99. The van der Waals surface area contributed by atoms with Gasteiger partial charge in [0.1, 0.15) is 5.75 Å². The minimum absolute atomic E-state index is 0.158. The fourth-order valence-electron chi connectivity index (χ4n) is 1.88. The van der Waals surface area contributed by atoms with Crippen molar-refractivity contribution in [3.63, 3.8) is 0 Å². The van der Waals surface area contributed by atoms with Crippen LogP contribution in [0.5, 0.6) is 5.75 Å². The van der Waals surface area contributed by atoms with Gasteiger partial charge in [-0.3, -0.25) is 9.78 Å². The van der Waals surface area contributed by atoms with E-state index in [9.17, 15) is 4.79 Å². The van der Waals surface area contributed by atoms with Crippen molar-refractivity contribution in [1.29, 1.82) is 0 Å². The summed E-state index contributed by atoms with van der Waals surface area (Å²) in [6, 6.07) is 10.7. The molecule has 0 bridgehead atoms. The Balaban J connectivity index is 1.53. The van der Waals surface area contributed by atoms with Crippen molar-refractivity contribution < 1.29 is 13.9 Å². The van der Waals surface area contributed by atoms with E-state index in [2.05, 4.69) is 20.5 Å². The van der Waals surface area contributed by atoms with Crippen LogP contribution in [0, 0.1) is 0 Å². The summed E-state index contributed by atoms with van der Waals surface area (Å²) in [5, 5.41) is 11.0. The van der Waals surface area contributed by atoms with Crippen LogP contribution in [0.3, 0.4) is 0 Å². The number of ether oxygens (including phenoxy) is 1. The lowest BCUT2D eigenvalue weighted by atomic mass is 10.3. The molecule has 8 heteroatoms. The first-order chi connectivity index (χ1) is 11.7. The first-order valence-electron chi connectivity index (χ1n) is 7.05. The van der Waals surface area contributed by atoms with E-state index in [1.165, 1.54) is 11.8 Å². The Morgan fingerprint density at radius 3 is 2.62 bits per heavy atom. The standard InChI is InChI=1S/C16H14N4O3S/c1-22-13-4-2-12(3-5-13)18-14(21)10-24-16-20-19-15(23-16)11-6-8-17-9-7-11/h2-9H,10H2,1H3,(H,18,21). The SMILES string of the molecule is COc1ccc(NC(=O)CSc2nnc(-c3ccncc3)o2)cc1. The Kier molecular flexibility index (Phi) is 5.07. The second-order valence-electron chi connectivity index (χ2n) is 4.67. The zero-order valence-electron chi connectivity index (χ0n) is 12.8. The number of hydrogen-bond acceptors (Lipinski definition) is 7. The molecule has 0 saturated heterocycles. The van der Waals surface area contributed by atoms with Gasteiger partial charge in [-0.15, -0.1) is 10.2 Å². The maximum absolute atomic E-state index is 12.0. The molecule has 0 unspecified atom stereocenters. The van der Waals surface area contributed by atoms with Gasteiger partial charge in [-0.1, -0.05) is 11.8 Å². The summed E-state index contributed by atoms with van der Waals surface area (Å²) in [4.78, 5) is 15.9. The zero-order valence-corrected chi connectivity index (χ0v) is 13.6. The predicted molar refractivity (Wildman–Crippen MR) is 89.9 cm³/mol. The molecule has 0 aliphatic carbocycles. The van der Waals surface area contributed by atoms with Crippen LogP contribution < -0.4 is 10.1 Å². The molecule has 0 radical (unpaired) electrons. The lowest BCUT2D eigenvalue weighted by molar-refractivity contribution is -0.113. The average Bonchev–Trinajstić information content (AvgIpc) is 3.10. The van der Waals surface area contributed by atoms with E-state index in [0.29, 0.717) is 16.8 Å². The third-order valence-electron chi connectivity index (χ3n) is 3.03. The van der Waals surface area contributed by atoms with Crippen LogP contribution in [-0.4, -0.2) is 34.0 Å². The summed E-state index contributed by atoms with van der Waals surface area (Å²) < 4.78 is 10.6. The molecule has 1 N–H and O–H groups in total. The minimum Gasteiger partial charge on any atom is -0.497 e. The van der Waals surface area contributed by atoms with Crippen LogP contribution in [0.25, 0.3) is 11.5 Å². The molecular formula is C16H14N4O3S. The molecule has 0 aliphatic rings. The largest absolute Gasteiger partial charge is 0.497 e. The van der Waals surface area contributed by atoms with Crippen molar-refractivity contribution in [3.8, 4) is 17.2 Å². The fourth-order valence-corrected chi connectivity index (χ4v) is 2.44. The number of pyridine rings is 1. The number of nitrogens with one attached hydrogen (secondary N) is 1. The monoisotopic (exact) mass is 342 g/mol. The molecule has 24 heavy (non-hydrogen) atoms. The number of nitrogens with zero attached hydrogens (tertiary/aromatic N) is 3. The van der Waals surface area contributed by atoms with Gasteiger partial charge in [-0.2, -0.15) is 0 Å². The molecule has 3 aromatic rings. The van der Waals surface area contributed by atoms with E-state index >= 15 is 0 Å². The molecule has 2 aromatic heterocycles. The quantitative estimate of drug-likeness (QED) is 0.689. The number of amides is 1. The van der Waals surface area contributed by atoms with Gasteiger partial charge in [0.15, 0.2) is 0 Å². The number of methoxy groups -OCH3 is 1. The first-order valence-corrected chi connectivity index (χ1v) is 8.04. The number of thioether (sulfide) groups is 1. The molecule has 122 valence electrons. The molecule has 1 aromatic carbocycles. The van der Waals surface area contributed by atoms with Crippen LogP contribution in [0.1, 0.15) is 0 Å². The number of carbonyl (C=O) groups is 1. The van der Waals surface area contributed by atoms with E-state index in [0.717, 1.165) is 11.3 Å². The summed E-state index contributed by atoms with van der Waals surface area (Å²) in [5.41, 5.74) is 1.48. The molecule has 0 saturated carbocycles. The molecule has 3 rings (SSSR count). The predicted octanol–water partition coefficient (Wildman–Crippen LogP) is 2.87. The van der Waals surface area contributed by atoms with Crippen LogP contribution in [-0.2, 0) is 4.79 Å². The maximum Gasteiger partial charge on any atom is 0.277 e. The highest BCUT2D eigenvalue weighted by Crippen LogP contribution is 2.23. The zero-order chi connectivity index (χ0) is 16.8. The van der Waals surface area contributed by atoms with Crippen LogP contribution in [0.4, 0.5) is 5.69 Å². The fraction of sp³-hybridized carbons (Fsp3) is 0.125. The Morgan fingerprint density at radius 1 is 1.17 bits per heavy atom. The van der Waals surface area contributed by atoms with Crippen LogP contribution >= 0.6 is 11.8 Å².